The van der Waals surface area contributed by atoms with Gasteiger partial charge in [-0.15, -0.1) is 0 Å². The Balaban J connectivity index is 1.97. The van der Waals surface area contributed by atoms with Crippen molar-refractivity contribution in [2.45, 2.75) is 32.7 Å². The lowest BCUT2D eigenvalue weighted by molar-refractivity contribution is -0.149. The van der Waals surface area contributed by atoms with Gasteiger partial charge in [0, 0.05) is 6.54 Å². The molecule has 0 aliphatic carbocycles. The largest absolute Gasteiger partial charge is 0.480 e. The lowest BCUT2D eigenvalue weighted by atomic mass is 9.70. The summed E-state index contributed by atoms with van der Waals surface area (Å²) in [5, 5.41) is 18.8. The average molecular weight is 286 g/mol. The minimum Gasteiger partial charge on any atom is -0.480 e. The number of carbonyl (C=O) groups is 1. The topological polar surface area (TPSA) is 64.3 Å². The average Bonchev–Trinajstić information content (AvgIpc) is 2.51. The molecule has 0 bridgehead atoms. The Morgan fingerprint density at radius 2 is 2.00 bits per heavy atom. The lowest BCUT2D eigenvalue weighted by Gasteiger charge is -2.38. The summed E-state index contributed by atoms with van der Waals surface area (Å²) in [5.74, 6) is -1.01. The van der Waals surface area contributed by atoms with E-state index in [9.17, 15) is 15.2 Å². The molecular weight excluding hydrogens is 264 g/mol. The number of carboxylic acids is 1. The highest BCUT2D eigenvalue weighted by molar-refractivity contribution is 5.78. The van der Waals surface area contributed by atoms with Gasteiger partial charge >= 0.3 is 5.97 Å². The molecule has 0 radical (unpaired) electrons. The molecule has 4 heteroatoms. The maximum absolute atomic E-state index is 11.5. The van der Waals surface area contributed by atoms with Crippen LogP contribution in [0, 0.1) is 22.7 Å². The van der Waals surface area contributed by atoms with E-state index in [1.165, 1.54) is 5.56 Å². The first kappa shape index (κ1) is 15.5. The third kappa shape index (κ3) is 3.25. The molecule has 112 valence electrons. The van der Waals surface area contributed by atoms with Crippen molar-refractivity contribution in [2.24, 2.45) is 11.3 Å². The van der Waals surface area contributed by atoms with E-state index in [2.05, 4.69) is 23.1 Å². The summed E-state index contributed by atoms with van der Waals surface area (Å²) in [6.07, 6.45) is 1.93. The van der Waals surface area contributed by atoms with Crippen molar-refractivity contribution in [1.29, 1.82) is 5.26 Å². The monoisotopic (exact) mass is 286 g/mol. The van der Waals surface area contributed by atoms with Crippen LogP contribution in [0.5, 0.6) is 0 Å². The molecule has 1 aliphatic rings. The van der Waals surface area contributed by atoms with Gasteiger partial charge in [0.1, 0.15) is 0 Å². The number of hydrogen-bond donors (Lipinski definition) is 1. The Kier molecular flexibility index (Phi) is 4.98. The van der Waals surface area contributed by atoms with Crippen molar-refractivity contribution < 1.29 is 9.90 Å². The Labute approximate surface area is 126 Å². The number of carboxylic acid groups (broad SMARTS) is 1. The number of benzene rings is 1. The maximum atomic E-state index is 11.5. The van der Waals surface area contributed by atoms with Gasteiger partial charge in [0.2, 0.25) is 0 Å². The number of piperidine rings is 1. The van der Waals surface area contributed by atoms with E-state index in [0.29, 0.717) is 6.42 Å². The van der Waals surface area contributed by atoms with Gasteiger partial charge in [0.25, 0.3) is 0 Å². The zero-order valence-corrected chi connectivity index (χ0v) is 12.5. The molecule has 1 aromatic carbocycles. The zero-order valence-electron chi connectivity index (χ0n) is 12.5. The Morgan fingerprint density at radius 3 is 2.48 bits per heavy atom. The van der Waals surface area contributed by atoms with Gasteiger partial charge in [-0.2, -0.15) is 5.26 Å². The lowest BCUT2D eigenvalue weighted by Crippen LogP contribution is -2.44. The highest BCUT2D eigenvalue weighted by Gasteiger charge is 2.45. The minimum absolute atomic E-state index is 0.0444. The normalized spacial score (nSPS) is 19.6. The second-order valence-corrected chi connectivity index (χ2v) is 5.78. The van der Waals surface area contributed by atoms with E-state index in [0.717, 1.165) is 32.5 Å². The highest BCUT2D eigenvalue weighted by atomic mass is 16.4. The van der Waals surface area contributed by atoms with Crippen molar-refractivity contribution in [2.75, 3.05) is 13.1 Å². The van der Waals surface area contributed by atoms with E-state index < -0.39 is 11.4 Å². The van der Waals surface area contributed by atoms with E-state index >= 15 is 0 Å². The summed E-state index contributed by atoms with van der Waals surface area (Å²) in [4.78, 5) is 13.9. The molecule has 0 spiro atoms. The van der Waals surface area contributed by atoms with Crippen molar-refractivity contribution in [3.05, 3.63) is 35.9 Å². The van der Waals surface area contributed by atoms with Crippen molar-refractivity contribution >= 4 is 5.97 Å². The second-order valence-electron chi connectivity index (χ2n) is 5.78. The predicted molar refractivity (Wildman–Crippen MR) is 80.4 cm³/mol. The zero-order chi connectivity index (χ0) is 15.3. The maximum Gasteiger partial charge on any atom is 0.324 e. The van der Waals surface area contributed by atoms with Crippen LogP contribution in [0.3, 0.4) is 0 Å². The Hall–Kier alpha value is -1.86. The molecule has 2 rings (SSSR count). The molecule has 1 atom stereocenters. The van der Waals surface area contributed by atoms with Crippen molar-refractivity contribution in [3.8, 4) is 6.07 Å². The fourth-order valence-corrected chi connectivity index (χ4v) is 3.26. The molecule has 1 aliphatic heterocycles. The van der Waals surface area contributed by atoms with E-state index in [1.54, 1.807) is 6.92 Å². The fraction of sp³-hybridized carbons (Fsp3) is 0.529. The molecule has 1 unspecified atom stereocenters. The number of nitriles is 1. The summed E-state index contributed by atoms with van der Waals surface area (Å²) in [5.41, 5.74) is 0.0648. The third-order valence-electron chi connectivity index (χ3n) is 4.67. The van der Waals surface area contributed by atoms with Gasteiger partial charge in [-0.3, -0.25) is 9.69 Å². The first-order chi connectivity index (χ1) is 10.1. The molecule has 1 N–H and O–H groups in total. The van der Waals surface area contributed by atoms with Gasteiger partial charge < -0.3 is 5.11 Å². The molecule has 0 aromatic heterocycles. The van der Waals surface area contributed by atoms with Crippen LogP contribution in [0.4, 0.5) is 0 Å². The minimum atomic E-state index is -1.21. The smallest absolute Gasteiger partial charge is 0.324 e. The molecular formula is C17H22N2O2. The van der Waals surface area contributed by atoms with Crippen molar-refractivity contribution in [3.63, 3.8) is 0 Å². The Morgan fingerprint density at radius 1 is 1.38 bits per heavy atom. The van der Waals surface area contributed by atoms with Crippen LogP contribution in [0.15, 0.2) is 30.3 Å². The van der Waals surface area contributed by atoms with Crippen LogP contribution in [0.1, 0.15) is 31.7 Å². The molecule has 0 amide bonds. The standard InChI is InChI=1S/C17H22N2O2/c1-2-17(13-18,16(20)21)15-8-10-19(11-9-15)12-14-6-4-3-5-7-14/h3-7,15H,2,8-12H2,1H3,(H,20,21). The van der Waals surface area contributed by atoms with E-state index in [4.69, 9.17) is 0 Å². The highest BCUT2D eigenvalue weighted by Crippen LogP contribution is 2.38. The number of aliphatic carboxylic acids is 1. The van der Waals surface area contributed by atoms with Crippen LogP contribution in [-0.4, -0.2) is 29.1 Å². The van der Waals surface area contributed by atoms with Crippen LogP contribution in [0.2, 0.25) is 0 Å². The van der Waals surface area contributed by atoms with Crippen molar-refractivity contribution in [1.82, 2.24) is 4.90 Å². The van der Waals surface area contributed by atoms with Crippen LogP contribution in [0.25, 0.3) is 0 Å². The van der Waals surface area contributed by atoms with Gasteiger partial charge in [-0.25, -0.2) is 0 Å². The van der Waals surface area contributed by atoms with Crippen LogP contribution >= 0.6 is 0 Å². The second kappa shape index (κ2) is 6.73. The molecule has 1 fully saturated rings. The predicted octanol–water partition coefficient (Wildman–Crippen LogP) is 2.90. The summed E-state index contributed by atoms with van der Waals surface area (Å²) in [6, 6.07) is 12.4. The summed E-state index contributed by atoms with van der Waals surface area (Å²) in [7, 11) is 0. The van der Waals surface area contributed by atoms with E-state index in [1.807, 2.05) is 18.2 Å². The first-order valence-electron chi connectivity index (χ1n) is 7.53. The summed E-state index contributed by atoms with van der Waals surface area (Å²) in [6.45, 7) is 4.41. The quantitative estimate of drug-likeness (QED) is 0.904. The van der Waals surface area contributed by atoms with Gasteiger partial charge in [0.05, 0.1) is 6.07 Å². The van der Waals surface area contributed by atoms with Gasteiger partial charge in [-0.1, -0.05) is 37.3 Å². The molecule has 4 nitrogen and oxygen atoms in total. The summed E-state index contributed by atoms with van der Waals surface area (Å²) >= 11 is 0. The van der Waals surface area contributed by atoms with Gasteiger partial charge in [0.15, 0.2) is 5.41 Å². The van der Waals surface area contributed by atoms with Crippen LogP contribution in [-0.2, 0) is 11.3 Å². The molecule has 1 heterocycles. The van der Waals surface area contributed by atoms with E-state index in [-0.39, 0.29) is 5.92 Å². The SMILES string of the molecule is CCC(C#N)(C(=O)O)C1CCN(Cc2ccccc2)CC1. The molecule has 1 aromatic rings. The molecule has 21 heavy (non-hydrogen) atoms. The summed E-state index contributed by atoms with van der Waals surface area (Å²) < 4.78 is 0. The molecule has 0 saturated carbocycles. The van der Waals surface area contributed by atoms with Gasteiger partial charge in [-0.05, 0) is 43.8 Å². The number of likely N-dealkylation sites (tertiary alicyclic amines) is 1. The molecule has 1 saturated heterocycles. The first-order valence-corrected chi connectivity index (χ1v) is 7.53. The fourth-order valence-electron chi connectivity index (χ4n) is 3.26. The number of hydrogen-bond acceptors (Lipinski definition) is 3. The number of nitrogens with zero attached hydrogens (tertiary/aromatic N) is 2. The van der Waals surface area contributed by atoms with Crippen LogP contribution < -0.4 is 0 Å². The third-order valence-corrected chi connectivity index (χ3v) is 4.67. The Bertz CT molecular complexity index is 515. The number of rotatable bonds is 5.